The summed E-state index contributed by atoms with van der Waals surface area (Å²) in [6.45, 7) is 0. The molecule has 0 unspecified atom stereocenters. The average Bonchev–Trinajstić information content (AvgIpc) is 3.41. The Labute approximate surface area is 135 Å². The van der Waals surface area contributed by atoms with Crippen molar-refractivity contribution in [2.45, 2.75) is 25.7 Å². The first-order chi connectivity index (χ1) is 11.2. The number of carbonyl (C=O) groups is 2. The summed E-state index contributed by atoms with van der Waals surface area (Å²) in [6, 6.07) is 16.5. The minimum absolute atomic E-state index is 0.00293. The predicted octanol–water partition coefficient (Wildman–Crippen LogP) is 3.54. The Morgan fingerprint density at radius 1 is 0.870 bits per heavy atom. The smallest absolute Gasteiger partial charge is 0.314 e. The number of esters is 2. The van der Waals surface area contributed by atoms with Crippen molar-refractivity contribution >= 4 is 11.9 Å². The second kappa shape index (κ2) is 7.09. The van der Waals surface area contributed by atoms with E-state index in [1.54, 1.807) is 24.3 Å². The monoisotopic (exact) mass is 310 g/mol. The van der Waals surface area contributed by atoms with E-state index < -0.39 is 0 Å². The molecule has 0 aromatic heterocycles. The van der Waals surface area contributed by atoms with E-state index in [9.17, 15) is 9.59 Å². The molecule has 0 spiro atoms. The summed E-state index contributed by atoms with van der Waals surface area (Å²) in [6.07, 6.45) is 2.63. The molecule has 1 aliphatic rings. The van der Waals surface area contributed by atoms with Crippen LogP contribution in [-0.4, -0.2) is 11.9 Å². The lowest BCUT2D eigenvalue weighted by Crippen LogP contribution is -2.13. The number of para-hydroxylation sites is 2. The Morgan fingerprint density at radius 3 is 2.13 bits per heavy atom. The first-order valence-electron chi connectivity index (χ1n) is 7.78. The molecule has 4 nitrogen and oxygen atoms in total. The van der Waals surface area contributed by atoms with Crippen molar-refractivity contribution in [3.63, 3.8) is 0 Å². The van der Waals surface area contributed by atoms with Crippen molar-refractivity contribution in [1.29, 1.82) is 0 Å². The fourth-order valence-corrected chi connectivity index (χ4v) is 2.19. The van der Waals surface area contributed by atoms with Gasteiger partial charge in [-0.15, -0.1) is 0 Å². The van der Waals surface area contributed by atoms with Crippen LogP contribution in [0.4, 0.5) is 0 Å². The van der Waals surface area contributed by atoms with Crippen LogP contribution in [0.2, 0.25) is 0 Å². The Balaban J connectivity index is 1.58. The maximum atomic E-state index is 12.0. The van der Waals surface area contributed by atoms with Gasteiger partial charge < -0.3 is 9.47 Å². The van der Waals surface area contributed by atoms with Gasteiger partial charge in [-0.05, 0) is 37.0 Å². The molecule has 118 valence electrons. The molecule has 0 bridgehead atoms. The van der Waals surface area contributed by atoms with Gasteiger partial charge in [0, 0.05) is 6.42 Å². The summed E-state index contributed by atoms with van der Waals surface area (Å²) in [7, 11) is 0. The standard InChI is InChI=1S/C19H18O4/c20-18(13-10-14-6-2-1-3-7-14)22-16-8-4-5-9-17(16)23-19(21)15-11-12-15/h1-9,15H,10-13H2. The molecule has 4 heteroatoms. The van der Waals surface area contributed by atoms with E-state index in [4.69, 9.17) is 9.47 Å². The van der Waals surface area contributed by atoms with E-state index in [1.807, 2.05) is 30.3 Å². The van der Waals surface area contributed by atoms with E-state index in [2.05, 4.69) is 0 Å². The number of ether oxygens (including phenoxy) is 2. The number of hydrogen-bond acceptors (Lipinski definition) is 4. The van der Waals surface area contributed by atoms with Crippen molar-refractivity contribution in [2.75, 3.05) is 0 Å². The van der Waals surface area contributed by atoms with Gasteiger partial charge >= 0.3 is 11.9 Å². The van der Waals surface area contributed by atoms with Crippen LogP contribution in [0.5, 0.6) is 11.5 Å². The molecule has 1 saturated carbocycles. The number of benzene rings is 2. The third kappa shape index (κ3) is 4.42. The maximum absolute atomic E-state index is 12.0. The Hall–Kier alpha value is -2.62. The highest BCUT2D eigenvalue weighted by molar-refractivity contribution is 5.79. The molecule has 2 aromatic rings. The number of aryl methyl sites for hydroxylation is 1. The summed E-state index contributed by atoms with van der Waals surface area (Å²) in [4.78, 5) is 23.8. The molecule has 1 aliphatic carbocycles. The summed E-state index contributed by atoms with van der Waals surface area (Å²) in [5.41, 5.74) is 1.08. The minimum atomic E-state index is -0.344. The number of carbonyl (C=O) groups excluding carboxylic acids is 2. The second-order valence-corrected chi connectivity index (χ2v) is 5.60. The normalized spacial score (nSPS) is 13.4. The third-order valence-electron chi connectivity index (χ3n) is 3.65. The van der Waals surface area contributed by atoms with Gasteiger partial charge in [0.15, 0.2) is 11.5 Å². The molecule has 0 aliphatic heterocycles. The van der Waals surface area contributed by atoms with Crippen molar-refractivity contribution < 1.29 is 19.1 Å². The zero-order valence-electron chi connectivity index (χ0n) is 12.7. The highest BCUT2D eigenvalue weighted by atomic mass is 16.6. The van der Waals surface area contributed by atoms with Gasteiger partial charge in [0.25, 0.3) is 0 Å². The molecular formula is C19H18O4. The highest BCUT2D eigenvalue weighted by Crippen LogP contribution is 2.33. The molecule has 0 radical (unpaired) electrons. The molecular weight excluding hydrogens is 292 g/mol. The van der Waals surface area contributed by atoms with Crippen molar-refractivity contribution in [2.24, 2.45) is 5.92 Å². The van der Waals surface area contributed by atoms with Gasteiger partial charge in [0.2, 0.25) is 0 Å². The largest absolute Gasteiger partial charge is 0.423 e. The van der Waals surface area contributed by atoms with Gasteiger partial charge in [-0.3, -0.25) is 9.59 Å². The topological polar surface area (TPSA) is 52.6 Å². The lowest BCUT2D eigenvalue weighted by molar-refractivity contribution is -0.138. The SMILES string of the molecule is O=C(CCc1ccccc1)Oc1ccccc1OC(=O)C1CC1. The van der Waals surface area contributed by atoms with Crippen LogP contribution in [0.3, 0.4) is 0 Å². The Morgan fingerprint density at radius 2 is 1.48 bits per heavy atom. The van der Waals surface area contributed by atoms with Crippen LogP contribution in [0, 0.1) is 5.92 Å². The lowest BCUT2D eigenvalue weighted by Gasteiger charge is -2.10. The Kier molecular flexibility index (Phi) is 4.71. The summed E-state index contributed by atoms with van der Waals surface area (Å²) in [5.74, 6) is -0.00424. The quantitative estimate of drug-likeness (QED) is 0.605. The Bertz CT molecular complexity index is 690. The van der Waals surface area contributed by atoms with E-state index >= 15 is 0 Å². The van der Waals surface area contributed by atoms with Crippen LogP contribution < -0.4 is 9.47 Å². The zero-order chi connectivity index (χ0) is 16.1. The summed E-state index contributed by atoms with van der Waals surface area (Å²) < 4.78 is 10.7. The summed E-state index contributed by atoms with van der Waals surface area (Å²) in [5, 5.41) is 0. The maximum Gasteiger partial charge on any atom is 0.314 e. The molecule has 0 amide bonds. The molecule has 23 heavy (non-hydrogen) atoms. The van der Waals surface area contributed by atoms with Gasteiger partial charge in [-0.25, -0.2) is 0 Å². The molecule has 0 N–H and O–H groups in total. The number of hydrogen-bond donors (Lipinski definition) is 0. The molecule has 2 aromatic carbocycles. The average molecular weight is 310 g/mol. The van der Waals surface area contributed by atoms with Crippen LogP contribution in [0.1, 0.15) is 24.8 Å². The summed E-state index contributed by atoms with van der Waals surface area (Å²) >= 11 is 0. The molecule has 3 rings (SSSR count). The van der Waals surface area contributed by atoms with Crippen molar-refractivity contribution in [3.05, 3.63) is 60.2 Å². The van der Waals surface area contributed by atoms with Gasteiger partial charge in [0.05, 0.1) is 5.92 Å². The molecule has 1 fully saturated rings. The van der Waals surface area contributed by atoms with E-state index in [0.717, 1.165) is 18.4 Å². The van der Waals surface area contributed by atoms with Crippen LogP contribution in [0.15, 0.2) is 54.6 Å². The van der Waals surface area contributed by atoms with Crippen LogP contribution in [0.25, 0.3) is 0 Å². The molecule has 0 heterocycles. The van der Waals surface area contributed by atoms with E-state index in [0.29, 0.717) is 17.9 Å². The van der Waals surface area contributed by atoms with Gasteiger partial charge in [0.1, 0.15) is 0 Å². The minimum Gasteiger partial charge on any atom is -0.423 e. The van der Waals surface area contributed by atoms with Crippen molar-refractivity contribution in [3.8, 4) is 11.5 Å². The van der Waals surface area contributed by atoms with Gasteiger partial charge in [-0.1, -0.05) is 42.5 Å². The predicted molar refractivity (Wildman–Crippen MR) is 85.2 cm³/mol. The highest BCUT2D eigenvalue weighted by Gasteiger charge is 2.32. The third-order valence-corrected chi connectivity index (χ3v) is 3.65. The zero-order valence-corrected chi connectivity index (χ0v) is 12.7. The van der Waals surface area contributed by atoms with Crippen LogP contribution in [-0.2, 0) is 16.0 Å². The first kappa shape index (κ1) is 15.3. The van der Waals surface area contributed by atoms with Gasteiger partial charge in [-0.2, -0.15) is 0 Å². The fraction of sp³-hybridized carbons (Fsp3) is 0.263. The van der Waals surface area contributed by atoms with E-state index in [1.165, 1.54) is 0 Å². The first-order valence-corrected chi connectivity index (χ1v) is 7.78. The van der Waals surface area contributed by atoms with Crippen molar-refractivity contribution in [1.82, 2.24) is 0 Å². The molecule has 0 atom stereocenters. The van der Waals surface area contributed by atoms with E-state index in [-0.39, 0.29) is 24.3 Å². The van der Waals surface area contributed by atoms with Crippen LogP contribution >= 0.6 is 0 Å². The lowest BCUT2D eigenvalue weighted by atomic mass is 10.1. The number of rotatable bonds is 6. The fourth-order valence-electron chi connectivity index (χ4n) is 2.19. The second-order valence-electron chi connectivity index (χ2n) is 5.60. The molecule has 0 saturated heterocycles.